The zero-order chi connectivity index (χ0) is 20.4. The topological polar surface area (TPSA) is 98.0 Å². The van der Waals surface area contributed by atoms with Gasteiger partial charge in [-0.25, -0.2) is 0 Å². The molecule has 0 aromatic heterocycles. The van der Waals surface area contributed by atoms with Crippen LogP contribution in [0.2, 0.25) is 0 Å². The van der Waals surface area contributed by atoms with Crippen LogP contribution in [0.4, 0.5) is 0 Å². The van der Waals surface area contributed by atoms with Crippen molar-refractivity contribution in [2.24, 2.45) is 46.3 Å². The highest BCUT2D eigenvalue weighted by Crippen LogP contribution is 2.67. The Kier molecular flexibility index (Phi) is 5.22. The molecule has 0 aromatic rings. The van der Waals surface area contributed by atoms with Gasteiger partial charge in [0.05, 0.1) is 24.9 Å². The number of ketones is 1. The molecule has 0 unspecified atom stereocenters. The van der Waals surface area contributed by atoms with E-state index in [9.17, 15) is 25.2 Å². The Morgan fingerprint density at radius 2 is 1.75 bits per heavy atom. The smallest absolute Gasteiger partial charge is 0.136 e. The summed E-state index contributed by atoms with van der Waals surface area (Å²) in [5, 5.41) is 40.2. The first-order valence-electron chi connectivity index (χ1n) is 11.3. The van der Waals surface area contributed by atoms with Crippen molar-refractivity contribution < 1.29 is 25.2 Å². The highest BCUT2D eigenvalue weighted by molar-refractivity contribution is 5.83. The minimum atomic E-state index is -0.774. The van der Waals surface area contributed by atoms with Gasteiger partial charge in [0.25, 0.3) is 0 Å². The van der Waals surface area contributed by atoms with E-state index in [1.54, 1.807) is 0 Å². The number of Topliss-reactive ketones (excluding diaryl/α,β-unsaturated/α-hetero) is 1. The lowest BCUT2D eigenvalue weighted by molar-refractivity contribution is -0.174. The molecular formula is C23H38O5. The molecule has 5 heteroatoms. The van der Waals surface area contributed by atoms with Gasteiger partial charge in [-0.1, -0.05) is 20.8 Å². The van der Waals surface area contributed by atoms with Gasteiger partial charge in [0.1, 0.15) is 5.78 Å². The fourth-order valence-corrected chi connectivity index (χ4v) is 8.41. The van der Waals surface area contributed by atoms with Gasteiger partial charge < -0.3 is 20.4 Å². The zero-order valence-electron chi connectivity index (χ0n) is 17.6. The maximum atomic E-state index is 13.1. The molecule has 0 radical (unpaired) electrons. The van der Waals surface area contributed by atoms with E-state index in [-0.39, 0.29) is 35.1 Å². The maximum absolute atomic E-state index is 13.1. The van der Waals surface area contributed by atoms with Crippen LogP contribution in [0.25, 0.3) is 0 Å². The van der Waals surface area contributed by atoms with E-state index in [0.29, 0.717) is 42.9 Å². The molecule has 28 heavy (non-hydrogen) atoms. The van der Waals surface area contributed by atoms with Crippen LogP contribution in [0.1, 0.15) is 65.7 Å². The predicted octanol–water partition coefficient (Wildman–Crippen LogP) is 2.15. The molecule has 0 amide bonds. The van der Waals surface area contributed by atoms with Crippen molar-refractivity contribution >= 4 is 5.78 Å². The number of rotatable bonds is 3. The fourth-order valence-electron chi connectivity index (χ4n) is 8.41. The standard InChI is InChI=1S/C23H38O5/c1-12(21(28)11-24)14-4-5-15-13-8-18(25)17-9-19(26)20(27)10-23(17,3)16(13)6-7-22(14,15)2/h12-17,19-21,24,26-28H,4-11H2,1-3H3/t12-,13-,14+,15-,16-,17+,19-,20+,21+,22+,23+/m0/s1. The number of carbonyl (C=O) groups is 1. The summed E-state index contributed by atoms with van der Waals surface area (Å²) in [6.07, 6.45) is 3.65. The van der Waals surface area contributed by atoms with Crippen LogP contribution in [0, 0.1) is 46.3 Å². The number of carbonyl (C=O) groups excluding carboxylic acids is 1. The van der Waals surface area contributed by atoms with Crippen molar-refractivity contribution in [3.63, 3.8) is 0 Å². The lowest BCUT2D eigenvalue weighted by Gasteiger charge is -2.61. The van der Waals surface area contributed by atoms with E-state index in [1.807, 2.05) is 0 Å². The molecule has 4 fully saturated rings. The van der Waals surface area contributed by atoms with Gasteiger partial charge in [-0.3, -0.25) is 4.79 Å². The van der Waals surface area contributed by atoms with Crippen LogP contribution in [-0.2, 0) is 4.79 Å². The summed E-state index contributed by atoms with van der Waals surface area (Å²) in [4.78, 5) is 13.1. The molecule has 0 aromatic carbocycles. The first-order chi connectivity index (χ1) is 13.1. The Bertz CT molecular complexity index is 622. The number of hydrogen-bond acceptors (Lipinski definition) is 5. The third kappa shape index (κ3) is 2.84. The Hall–Kier alpha value is -0.490. The van der Waals surface area contributed by atoms with Crippen molar-refractivity contribution in [1.29, 1.82) is 0 Å². The lowest BCUT2D eigenvalue weighted by Crippen LogP contribution is -2.59. The molecule has 4 N–H and O–H groups in total. The van der Waals surface area contributed by atoms with Gasteiger partial charge in [-0.2, -0.15) is 0 Å². The number of aliphatic hydroxyl groups excluding tert-OH is 4. The molecule has 4 aliphatic rings. The Morgan fingerprint density at radius 3 is 2.43 bits per heavy atom. The van der Waals surface area contributed by atoms with Crippen molar-refractivity contribution in [3.05, 3.63) is 0 Å². The zero-order valence-corrected chi connectivity index (χ0v) is 17.6. The van der Waals surface area contributed by atoms with Crippen molar-refractivity contribution in [2.75, 3.05) is 6.61 Å². The summed E-state index contributed by atoms with van der Waals surface area (Å²) in [5.41, 5.74) is -0.110. The Labute approximate surface area is 168 Å². The maximum Gasteiger partial charge on any atom is 0.136 e. The second-order valence-electron chi connectivity index (χ2n) is 11.0. The van der Waals surface area contributed by atoms with Crippen LogP contribution in [0.15, 0.2) is 0 Å². The molecular weight excluding hydrogens is 356 g/mol. The average Bonchev–Trinajstić information content (AvgIpc) is 3.00. The molecule has 4 rings (SSSR count). The van der Waals surface area contributed by atoms with Crippen molar-refractivity contribution in [2.45, 2.75) is 84.0 Å². The molecule has 0 bridgehead atoms. The lowest BCUT2D eigenvalue weighted by atomic mass is 9.44. The van der Waals surface area contributed by atoms with E-state index in [1.165, 1.54) is 0 Å². The van der Waals surface area contributed by atoms with Gasteiger partial charge in [0.2, 0.25) is 0 Å². The fraction of sp³-hybridized carbons (Fsp3) is 0.957. The van der Waals surface area contributed by atoms with Crippen LogP contribution in [-0.4, -0.2) is 51.1 Å². The number of fused-ring (bicyclic) bond motifs is 5. The molecule has 0 heterocycles. The summed E-state index contributed by atoms with van der Waals surface area (Å²) in [5.74, 6) is 1.83. The number of hydrogen-bond donors (Lipinski definition) is 4. The van der Waals surface area contributed by atoms with Gasteiger partial charge in [-0.05, 0) is 78.9 Å². The average molecular weight is 395 g/mol. The predicted molar refractivity (Wildman–Crippen MR) is 105 cm³/mol. The molecule has 0 spiro atoms. The van der Waals surface area contributed by atoms with Crippen LogP contribution in [0.5, 0.6) is 0 Å². The van der Waals surface area contributed by atoms with Crippen LogP contribution < -0.4 is 0 Å². The largest absolute Gasteiger partial charge is 0.394 e. The van der Waals surface area contributed by atoms with Crippen molar-refractivity contribution in [1.82, 2.24) is 0 Å². The molecule has 11 atom stereocenters. The van der Waals surface area contributed by atoms with Gasteiger partial charge >= 0.3 is 0 Å². The number of aliphatic hydroxyl groups is 4. The second kappa shape index (κ2) is 7.04. The minimum Gasteiger partial charge on any atom is -0.394 e. The van der Waals surface area contributed by atoms with Crippen LogP contribution >= 0.6 is 0 Å². The van der Waals surface area contributed by atoms with E-state index in [4.69, 9.17) is 0 Å². The summed E-state index contributed by atoms with van der Waals surface area (Å²) in [7, 11) is 0. The van der Waals surface area contributed by atoms with E-state index >= 15 is 0 Å². The first-order valence-corrected chi connectivity index (χ1v) is 11.3. The molecule has 4 saturated carbocycles. The quantitative estimate of drug-likeness (QED) is 0.588. The normalized spacial score (nSPS) is 53.1. The Balaban J connectivity index is 1.62. The summed E-state index contributed by atoms with van der Waals surface area (Å²) < 4.78 is 0. The van der Waals surface area contributed by atoms with E-state index < -0.39 is 18.3 Å². The third-order valence-corrected chi connectivity index (χ3v) is 9.98. The summed E-state index contributed by atoms with van der Waals surface area (Å²) in [6.45, 7) is 6.41. The van der Waals surface area contributed by atoms with E-state index in [0.717, 1.165) is 25.7 Å². The molecule has 0 aliphatic heterocycles. The Morgan fingerprint density at radius 1 is 1.07 bits per heavy atom. The monoisotopic (exact) mass is 394 g/mol. The van der Waals surface area contributed by atoms with E-state index in [2.05, 4.69) is 20.8 Å². The summed E-state index contributed by atoms with van der Waals surface area (Å²) in [6, 6.07) is 0. The van der Waals surface area contributed by atoms with Gasteiger partial charge in [-0.15, -0.1) is 0 Å². The van der Waals surface area contributed by atoms with Gasteiger partial charge in [0.15, 0.2) is 0 Å². The molecule has 160 valence electrons. The van der Waals surface area contributed by atoms with Crippen molar-refractivity contribution in [3.8, 4) is 0 Å². The van der Waals surface area contributed by atoms with Gasteiger partial charge in [0, 0.05) is 12.3 Å². The second-order valence-corrected chi connectivity index (χ2v) is 11.0. The third-order valence-electron chi connectivity index (χ3n) is 9.98. The SMILES string of the molecule is C[C@H]([C@H](O)CO)[C@H]1CC[C@H]2[C@@H]3CC(=O)[C@H]4C[C@H](O)[C@H](O)C[C@]4(C)[C@H]3CC[C@]12C. The highest BCUT2D eigenvalue weighted by atomic mass is 16.3. The molecule has 0 saturated heterocycles. The summed E-state index contributed by atoms with van der Waals surface area (Å²) >= 11 is 0. The first kappa shape index (κ1) is 20.8. The highest BCUT2D eigenvalue weighted by Gasteiger charge is 2.63. The molecule has 4 aliphatic carbocycles. The minimum absolute atomic E-state index is 0.0610. The van der Waals surface area contributed by atoms with Crippen LogP contribution in [0.3, 0.4) is 0 Å². The molecule has 5 nitrogen and oxygen atoms in total.